The fourth-order valence-electron chi connectivity index (χ4n) is 3.49. The molecule has 136 valence electrons. The second-order valence-corrected chi connectivity index (χ2v) is 7.52. The van der Waals surface area contributed by atoms with Crippen LogP contribution in [0.1, 0.15) is 23.0 Å². The molecule has 2 heterocycles. The average Bonchev–Trinajstić information content (AvgIpc) is 2.89. The van der Waals surface area contributed by atoms with Crippen LogP contribution in [-0.4, -0.2) is 43.2 Å². The number of rotatable bonds is 4. The molecule has 1 N–H and O–H groups in total. The minimum atomic E-state index is -0.330. The molecule has 1 aromatic heterocycles. The molecular weight excluding hydrogens is 349 g/mol. The monoisotopic (exact) mass is 371 g/mol. The summed E-state index contributed by atoms with van der Waals surface area (Å²) < 4.78 is 20.7. The standard InChI is InChI=1S/C20H22FN3OS/c1-25-17-8-7-14(13-15(17)21)19(24-11-4-9-22-10-12-24)20-23-16-5-2-3-6-18(16)26-20/h2-3,5-8,13,19,22H,4,9-12H2,1H3. The average molecular weight is 371 g/mol. The Morgan fingerprint density at radius 2 is 2.08 bits per heavy atom. The van der Waals surface area contributed by atoms with Crippen LogP contribution in [0.3, 0.4) is 0 Å². The summed E-state index contributed by atoms with van der Waals surface area (Å²) in [6, 6.07) is 13.4. The molecule has 4 nitrogen and oxygen atoms in total. The number of methoxy groups -OCH3 is 1. The highest BCUT2D eigenvalue weighted by molar-refractivity contribution is 7.18. The molecule has 0 aliphatic carbocycles. The van der Waals surface area contributed by atoms with Crippen LogP contribution in [0.2, 0.25) is 0 Å². The van der Waals surface area contributed by atoms with E-state index in [9.17, 15) is 4.39 Å². The predicted octanol–water partition coefficient (Wildman–Crippen LogP) is 3.83. The summed E-state index contributed by atoms with van der Waals surface area (Å²) in [5, 5.41) is 4.45. The third kappa shape index (κ3) is 3.45. The molecule has 6 heteroatoms. The Hall–Kier alpha value is -2.02. The SMILES string of the molecule is COc1ccc(C(c2nc3ccccc3s2)N2CCCNCC2)cc1F. The molecule has 2 aromatic carbocycles. The summed E-state index contributed by atoms with van der Waals surface area (Å²) in [5.41, 5.74) is 1.92. The number of para-hydroxylation sites is 1. The highest BCUT2D eigenvalue weighted by Crippen LogP contribution is 2.36. The van der Waals surface area contributed by atoms with Gasteiger partial charge in [0.25, 0.3) is 0 Å². The molecule has 1 saturated heterocycles. The molecule has 0 amide bonds. The van der Waals surface area contributed by atoms with Crippen molar-refractivity contribution < 1.29 is 9.13 Å². The number of nitrogens with one attached hydrogen (secondary N) is 1. The lowest BCUT2D eigenvalue weighted by Crippen LogP contribution is -2.33. The van der Waals surface area contributed by atoms with E-state index in [-0.39, 0.29) is 17.6 Å². The number of thiazole rings is 1. The van der Waals surface area contributed by atoms with E-state index >= 15 is 0 Å². The number of fused-ring (bicyclic) bond motifs is 1. The Bertz CT molecular complexity index is 857. The van der Waals surface area contributed by atoms with Crippen LogP contribution in [0.15, 0.2) is 42.5 Å². The first-order chi connectivity index (χ1) is 12.8. The number of halogens is 1. The van der Waals surface area contributed by atoms with Crippen molar-refractivity contribution in [1.29, 1.82) is 0 Å². The van der Waals surface area contributed by atoms with Crippen molar-refractivity contribution in [3.05, 3.63) is 58.9 Å². The number of aromatic nitrogens is 1. The maximum atomic E-state index is 14.4. The van der Waals surface area contributed by atoms with Gasteiger partial charge in [0.2, 0.25) is 0 Å². The number of ether oxygens (including phenoxy) is 1. The molecule has 1 aliphatic heterocycles. The zero-order chi connectivity index (χ0) is 17.9. The van der Waals surface area contributed by atoms with E-state index in [0.29, 0.717) is 0 Å². The summed E-state index contributed by atoms with van der Waals surface area (Å²) in [5.74, 6) is -0.0570. The van der Waals surface area contributed by atoms with Gasteiger partial charge < -0.3 is 10.1 Å². The van der Waals surface area contributed by atoms with Crippen molar-refractivity contribution in [2.45, 2.75) is 12.5 Å². The zero-order valence-corrected chi connectivity index (χ0v) is 15.6. The van der Waals surface area contributed by atoms with Crippen molar-refractivity contribution in [1.82, 2.24) is 15.2 Å². The van der Waals surface area contributed by atoms with E-state index in [1.165, 1.54) is 7.11 Å². The fourth-order valence-corrected chi connectivity index (χ4v) is 4.63. The van der Waals surface area contributed by atoms with Gasteiger partial charge in [-0.1, -0.05) is 18.2 Å². The van der Waals surface area contributed by atoms with Crippen LogP contribution in [0, 0.1) is 5.82 Å². The largest absolute Gasteiger partial charge is 0.494 e. The lowest BCUT2D eigenvalue weighted by atomic mass is 10.0. The Morgan fingerprint density at radius 1 is 1.19 bits per heavy atom. The smallest absolute Gasteiger partial charge is 0.165 e. The lowest BCUT2D eigenvalue weighted by Gasteiger charge is -2.29. The summed E-state index contributed by atoms with van der Waals surface area (Å²) >= 11 is 1.69. The van der Waals surface area contributed by atoms with E-state index in [1.807, 2.05) is 24.3 Å². The molecule has 1 atom stereocenters. The molecule has 0 bridgehead atoms. The van der Waals surface area contributed by atoms with Gasteiger partial charge in [-0.15, -0.1) is 11.3 Å². The number of benzene rings is 2. The normalized spacial score (nSPS) is 17.2. The van der Waals surface area contributed by atoms with Gasteiger partial charge in [-0.05, 0) is 42.8 Å². The lowest BCUT2D eigenvalue weighted by molar-refractivity contribution is 0.240. The third-order valence-corrected chi connectivity index (χ3v) is 5.86. The first-order valence-corrected chi connectivity index (χ1v) is 9.71. The quantitative estimate of drug-likeness (QED) is 0.756. The maximum absolute atomic E-state index is 14.4. The van der Waals surface area contributed by atoms with Gasteiger partial charge in [0.05, 0.1) is 23.4 Å². The molecule has 1 fully saturated rings. The fraction of sp³-hybridized carbons (Fsp3) is 0.350. The number of nitrogens with zero attached hydrogens (tertiary/aromatic N) is 2. The summed E-state index contributed by atoms with van der Waals surface area (Å²) in [7, 11) is 1.49. The molecule has 26 heavy (non-hydrogen) atoms. The van der Waals surface area contributed by atoms with Gasteiger partial charge in [-0.3, -0.25) is 4.90 Å². The topological polar surface area (TPSA) is 37.4 Å². The Balaban J connectivity index is 1.79. The predicted molar refractivity (Wildman–Crippen MR) is 103 cm³/mol. The molecule has 1 unspecified atom stereocenters. The van der Waals surface area contributed by atoms with E-state index in [2.05, 4.69) is 16.3 Å². The van der Waals surface area contributed by atoms with Gasteiger partial charge in [-0.25, -0.2) is 9.37 Å². The molecular formula is C20H22FN3OS. The van der Waals surface area contributed by atoms with Crippen LogP contribution >= 0.6 is 11.3 Å². The van der Waals surface area contributed by atoms with Crippen molar-refractivity contribution in [3.63, 3.8) is 0 Å². The van der Waals surface area contributed by atoms with E-state index in [1.54, 1.807) is 23.5 Å². The van der Waals surface area contributed by atoms with Gasteiger partial charge in [0, 0.05) is 19.6 Å². The van der Waals surface area contributed by atoms with Crippen LogP contribution in [0.5, 0.6) is 5.75 Å². The Kier molecular flexibility index (Phi) is 5.15. The van der Waals surface area contributed by atoms with Crippen molar-refractivity contribution in [2.75, 3.05) is 33.3 Å². The molecule has 1 aliphatic rings. The summed E-state index contributed by atoms with van der Waals surface area (Å²) in [6.45, 7) is 3.82. The second kappa shape index (κ2) is 7.70. The first-order valence-electron chi connectivity index (χ1n) is 8.90. The van der Waals surface area contributed by atoms with E-state index in [4.69, 9.17) is 9.72 Å². The summed E-state index contributed by atoms with van der Waals surface area (Å²) in [4.78, 5) is 7.27. The zero-order valence-electron chi connectivity index (χ0n) is 14.7. The third-order valence-electron chi connectivity index (χ3n) is 4.78. The van der Waals surface area contributed by atoms with Gasteiger partial charge in [-0.2, -0.15) is 0 Å². The van der Waals surface area contributed by atoms with Crippen LogP contribution < -0.4 is 10.1 Å². The highest BCUT2D eigenvalue weighted by atomic mass is 32.1. The molecule has 0 saturated carbocycles. The minimum absolute atomic E-state index is 0.0484. The highest BCUT2D eigenvalue weighted by Gasteiger charge is 2.27. The Labute approximate surface area is 156 Å². The molecule has 3 aromatic rings. The maximum Gasteiger partial charge on any atom is 0.165 e. The Morgan fingerprint density at radius 3 is 2.88 bits per heavy atom. The summed E-state index contributed by atoms with van der Waals surface area (Å²) in [6.07, 6.45) is 1.07. The second-order valence-electron chi connectivity index (χ2n) is 6.46. The van der Waals surface area contributed by atoms with Crippen LogP contribution in [0.4, 0.5) is 4.39 Å². The number of hydrogen-bond acceptors (Lipinski definition) is 5. The molecule has 0 radical (unpaired) electrons. The molecule has 4 rings (SSSR count). The van der Waals surface area contributed by atoms with Gasteiger partial charge in [0.1, 0.15) is 5.01 Å². The van der Waals surface area contributed by atoms with Gasteiger partial charge >= 0.3 is 0 Å². The number of hydrogen-bond donors (Lipinski definition) is 1. The minimum Gasteiger partial charge on any atom is -0.494 e. The molecule has 0 spiro atoms. The van der Waals surface area contributed by atoms with Crippen LogP contribution in [-0.2, 0) is 0 Å². The van der Waals surface area contributed by atoms with Crippen molar-refractivity contribution >= 4 is 21.6 Å². The van der Waals surface area contributed by atoms with Crippen molar-refractivity contribution in [3.8, 4) is 5.75 Å². The van der Waals surface area contributed by atoms with Crippen LogP contribution in [0.25, 0.3) is 10.2 Å². The first kappa shape index (κ1) is 17.4. The van der Waals surface area contributed by atoms with E-state index in [0.717, 1.165) is 53.4 Å². The van der Waals surface area contributed by atoms with E-state index < -0.39 is 0 Å². The van der Waals surface area contributed by atoms with Gasteiger partial charge in [0.15, 0.2) is 11.6 Å². The van der Waals surface area contributed by atoms with Crippen molar-refractivity contribution in [2.24, 2.45) is 0 Å².